The van der Waals surface area contributed by atoms with Crippen LogP contribution in [0.25, 0.3) is 0 Å². The van der Waals surface area contributed by atoms with Gasteiger partial charge in [0, 0.05) is 6.07 Å². The molecule has 1 saturated heterocycles. The van der Waals surface area contributed by atoms with Crippen LogP contribution in [0.3, 0.4) is 0 Å². The monoisotopic (exact) mass is 290 g/mol. The quantitative estimate of drug-likeness (QED) is 0.895. The number of thioether (sulfide) groups is 2. The van der Waals surface area contributed by atoms with Crippen LogP contribution in [0, 0.1) is 11.6 Å². The van der Waals surface area contributed by atoms with Gasteiger partial charge < -0.3 is 5.11 Å². The molecule has 0 spiro atoms. The van der Waals surface area contributed by atoms with E-state index in [2.05, 4.69) is 0 Å². The van der Waals surface area contributed by atoms with Crippen molar-refractivity contribution in [3.8, 4) is 0 Å². The fourth-order valence-corrected chi connectivity index (χ4v) is 5.18. The van der Waals surface area contributed by atoms with Crippen LogP contribution in [0.1, 0.15) is 25.8 Å². The average molecular weight is 290 g/mol. The zero-order valence-electron chi connectivity index (χ0n) is 10.4. The van der Waals surface area contributed by atoms with Gasteiger partial charge in [0.1, 0.15) is 17.2 Å². The standard InChI is InChI=1S/C13H16F2OS2/c1-12(16,13(2)17-4-3-5-18-13)9-6-10(14)8-11(15)7-9/h6-8,16H,3-5H2,1-2H3/t12-/m0/s1. The highest BCUT2D eigenvalue weighted by atomic mass is 32.2. The van der Waals surface area contributed by atoms with Gasteiger partial charge in [-0.1, -0.05) is 0 Å². The van der Waals surface area contributed by atoms with Gasteiger partial charge in [0.15, 0.2) is 0 Å². The summed E-state index contributed by atoms with van der Waals surface area (Å²) in [4.78, 5) is 0. The molecule has 0 aromatic heterocycles. The third-order valence-electron chi connectivity index (χ3n) is 3.35. The molecule has 1 atom stereocenters. The van der Waals surface area contributed by atoms with Crippen molar-refractivity contribution in [1.82, 2.24) is 0 Å². The van der Waals surface area contributed by atoms with Crippen LogP contribution < -0.4 is 0 Å². The number of aliphatic hydroxyl groups is 1. The zero-order chi connectivity index (χ0) is 13.4. The Morgan fingerprint density at radius 1 is 1.17 bits per heavy atom. The molecule has 1 aromatic rings. The predicted molar refractivity (Wildman–Crippen MR) is 73.9 cm³/mol. The molecule has 0 amide bonds. The SMILES string of the molecule is CC1([C@@](C)(O)c2cc(F)cc(F)c2)SCCCS1. The fraction of sp³-hybridized carbons (Fsp3) is 0.538. The Morgan fingerprint density at radius 3 is 2.17 bits per heavy atom. The van der Waals surface area contributed by atoms with E-state index in [1.807, 2.05) is 6.92 Å². The number of rotatable bonds is 2. The van der Waals surface area contributed by atoms with E-state index in [0.29, 0.717) is 5.56 Å². The molecule has 1 aromatic carbocycles. The lowest BCUT2D eigenvalue weighted by Gasteiger charge is -2.44. The van der Waals surface area contributed by atoms with E-state index in [9.17, 15) is 13.9 Å². The van der Waals surface area contributed by atoms with Crippen LogP contribution in [0.5, 0.6) is 0 Å². The van der Waals surface area contributed by atoms with E-state index in [0.717, 1.165) is 24.0 Å². The van der Waals surface area contributed by atoms with E-state index in [4.69, 9.17) is 0 Å². The van der Waals surface area contributed by atoms with Crippen molar-refractivity contribution in [1.29, 1.82) is 0 Å². The van der Waals surface area contributed by atoms with Gasteiger partial charge in [-0.15, -0.1) is 23.5 Å². The molecule has 1 heterocycles. The molecule has 0 bridgehead atoms. The van der Waals surface area contributed by atoms with Crippen LogP contribution in [0.2, 0.25) is 0 Å². The van der Waals surface area contributed by atoms with Gasteiger partial charge in [0.25, 0.3) is 0 Å². The number of hydrogen-bond acceptors (Lipinski definition) is 3. The smallest absolute Gasteiger partial charge is 0.126 e. The molecule has 100 valence electrons. The number of hydrogen-bond donors (Lipinski definition) is 1. The third kappa shape index (κ3) is 2.53. The molecule has 0 aliphatic carbocycles. The molecular weight excluding hydrogens is 274 g/mol. The minimum Gasteiger partial charge on any atom is -0.383 e. The molecule has 0 unspecified atom stereocenters. The van der Waals surface area contributed by atoms with Crippen molar-refractivity contribution < 1.29 is 13.9 Å². The third-order valence-corrected chi connectivity index (χ3v) is 6.94. The van der Waals surface area contributed by atoms with Gasteiger partial charge in [-0.25, -0.2) is 8.78 Å². The second kappa shape index (κ2) is 5.02. The summed E-state index contributed by atoms with van der Waals surface area (Å²) in [6.07, 6.45) is 1.10. The molecule has 1 N–H and O–H groups in total. The van der Waals surface area contributed by atoms with E-state index in [-0.39, 0.29) is 0 Å². The summed E-state index contributed by atoms with van der Waals surface area (Å²) >= 11 is 3.29. The highest BCUT2D eigenvalue weighted by Gasteiger charge is 2.47. The molecule has 1 nitrogen and oxygen atoms in total. The molecule has 1 aliphatic rings. The Morgan fingerprint density at radius 2 is 1.67 bits per heavy atom. The minimum atomic E-state index is -1.27. The Hall–Kier alpha value is -0.260. The summed E-state index contributed by atoms with van der Waals surface area (Å²) in [6.45, 7) is 3.57. The van der Waals surface area contributed by atoms with Crippen molar-refractivity contribution in [2.24, 2.45) is 0 Å². The molecule has 5 heteroatoms. The van der Waals surface area contributed by atoms with Crippen molar-refractivity contribution in [2.75, 3.05) is 11.5 Å². The van der Waals surface area contributed by atoms with Gasteiger partial charge in [0.2, 0.25) is 0 Å². The molecule has 1 aliphatic heterocycles. The summed E-state index contributed by atoms with van der Waals surface area (Å²) in [7, 11) is 0. The van der Waals surface area contributed by atoms with Crippen LogP contribution >= 0.6 is 23.5 Å². The first-order chi connectivity index (χ1) is 8.35. The van der Waals surface area contributed by atoms with Crippen molar-refractivity contribution >= 4 is 23.5 Å². The van der Waals surface area contributed by atoms with Gasteiger partial charge >= 0.3 is 0 Å². The first-order valence-electron chi connectivity index (χ1n) is 5.82. The maximum Gasteiger partial charge on any atom is 0.126 e. The fourth-order valence-electron chi connectivity index (χ4n) is 2.01. The summed E-state index contributed by atoms with van der Waals surface area (Å²) in [5.74, 6) is 0.605. The van der Waals surface area contributed by atoms with E-state index < -0.39 is 21.3 Å². The summed E-state index contributed by atoms with van der Waals surface area (Å²) in [5, 5.41) is 10.7. The topological polar surface area (TPSA) is 20.2 Å². The van der Waals surface area contributed by atoms with Crippen LogP contribution in [-0.2, 0) is 5.60 Å². The largest absolute Gasteiger partial charge is 0.383 e. The Balaban J connectivity index is 2.39. The maximum absolute atomic E-state index is 13.3. The maximum atomic E-state index is 13.3. The van der Waals surface area contributed by atoms with Gasteiger partial charge in [-0.05, 0) is 49.5 Å². The van der Waals surface area contributed by atoms with E-state index >= 15 is 0 Å². The number of halogens is 2. The van der Waals surface area contributed by atoms with Crippen molar-refractivity contribution in [3.63, 3.8) is 0 Å². The minimum absolute atomic E-state index is 0.296. The second-order valence-corrected chi connectivity index (χ2v) is 8.01. The highest BCUT2D eigenvalue weighted by molar-refractivity contribution is 8.18. The summed E-state index contributed by atoms with van der Waals surface area (Å²) < 4.78 is 26.1. The lowest BCUT2D eigenvalue weighted by Crippen LogP contribution is -2.44. The van der Waals surface area contributed by atoms with Crippen LogP contribution in [0.15, 0.2) is 18.2 Å². The highest BCUT2D eigenvalue weighted by Crippen LogP contribution is 2.53. The molecule has 1 fully saturated rings. The van der Waals surface area contributed by atoms with Crippen molar-refractivity contribution in [3.05, 3.63) is 35.4 Å². The summed E-state index contributed by atoms with van der Waals surface area (Å²) in [5.41, 5.74) is -0.976. The van der Waals surface area contributed by atoms with Crippen molar-refractivity contribution in [2.45, 2.75) is 29.9 Å². The molecule has 0 saturated carbocycles. The van der Waals surface area contributed by atoms with Gasteiger partial charge in [-0.3, -0.25) is 0 Å². The number of benzene rings is 1. The zero-order valence-corrected chi connectivity index (χ0v) is 12.0. The van der Waals surface area contributed by atoms with Gasteiger partial charge in [-0.2, -0.15) is 0 Å². The molecule has 0 radical (unpaired) electrons. The Kier molecular flexibility index (Phi) is 3.95. The van der Waals surface area contributed by atoms with Crippen LogP contribution in [0.4, 0.5) is 8.78 Å². The van der Waals surface area contributed by atoms with Crippen LogP contribution in [-0.4, -0.2) is 20.7 Å². The van der Waals surface area contributed by atoms with E-state index in [1.165, 1.54) is 12.1 Å². The first-order valence-corrected chi connectivity index (χ1v) is 7.79. The second-order valence-electron chi connectivity index (χ2n) is 4.73. The van der Waals surface area contributed by atoms with Gasteiger partial charge in [0.05, 0.1) is 4.08 Å². The lowest BCUT2D eigenvalue weighted by atomic mass is 9.92. The molecule has 18 heavy (non-hydrogen) atoms. The average Bonchev–Trinajstić information content (AvgIpc) is 2.28. The predicted octanol–water partition coefficient (Wildman–Crippen LogP) is 3.76. The summed E-state index contributed by atoms with van der Waals surface area (Å²) in [6, 6.07) is 3.25. The molecular formula is C13H16F2OS2. The first kappa shape index (κ1) is 14.2. The normalized spacial score (nSPS) is 22.5. The Bertz CT molecular complexity index is 422. The lowest BCUT2D eigenvalue weighted by molar-refractivity contribution is 0.0481. The van der Waals surface area contributed by atoms with E-state index in [1.54, 1.807) is 30.4 Å². The molecule has 2 rings (SSSR count). The Labute approximate surface area is 114 Å².